The number of rotatable bonds is 6. The third kappa shape index (κ3) is 4.25. The summed E-state index contributed by atoms with van der Waals surface area (Å²) in [4.78, 5) is 27.9. The van der Waals surface area contributed by atoms with E-state index in [-0.39, 0.29) is 12.3 Å². The number of hydrogen-bond donors (Lipinski definition) is 2. The summed E-state index contributed by atoms with van der Waals surface area (Å²) in [6.07, 6.45) is 0.245. The molecule has 0 radical (unpaired) electrons. The van der Waals surface area contributed by atoms with Crippen LogP contribution in [0.1, 0.15) is 38.6 Å². The standard InChI is InChI=1S/C21H22N4O3/c1-12-17(21(22)27)8-9-19(24-12)16-6-4-15(5-7-16)11-23-20(26)10-18-13(2)25-28-14(18)3/h4-9H,10-11H2,1-3H3,(H2,22,27)(H,23,26). The van der Waals surface area contributed by atoms with E-state index in [0.29, 0.717) is 23.6 Å². The Labute approximate surface area is 162 Å². The molecule has 144 valence electrons. The van der Waals surface area contributed by atoms with Crippen LogP contribution in [0.3, 0.4) is 0 Å². The minimum absolute atomic E-state index is 0.0854. The predicted molar refractivity (Wildman–Crippen MR) is 104 cm³/mol. The van der Waals surface area contributed by atoms with Gasteiger partial charge in [0.15, 0.2) is 0 Å². The Balaban J connectivity index is 1.62. The molecule has 0 bridgehead atoms. The van der Waals surface area contributed by atoms with Crippen LogP contribution in [0.15, 0.2) is 40.9 Å². The van der Waals surface area contributed by atoms with E-state index in [1.807, 2.05) is 31.2 Å². The minimum atomic E-state index is -0.487. The maximum Gasteiger partial charge on any atom is 0.250 e. The molecular formula is C21H22N4O3. The molecule has 3 N–H and O–H groups in total. The zero-order chi connectivity index (χ0) is 20.3. The van der Waals surface area contributed by atoms with Crippen LogP contribution in [-0.4, -0.2) is 22.0 Å². The van der Waals surface area contributed by atoms with Crippen LogP contribution in [0.2, 0.25) is 0 Å². The molecule has 0 saturated carbocycles. The van der Waals surface area contributed by atoms with E-state index in [1.54, 1.807) is 26.0 Å². The fourth-order valence-electron chi connectivity index (χ4n) is 2.95. The van der Waals surface area contributed by atoms with Gasteiger partial charge in [0.05, 0.1) is 29.1 Å². The molecule has 0 saturated heterocycles. The molecule has 0 spiro atoms. The Morgan fingerprint density at radius 2 is 1.75 bits per heavy atom. The Hall–Kier alpha value is -3.48. The Morgan fingerprint density at radius 3 is 2.32 bits per heavy atom. The van der Waals surface area contributed by atoms with E-state index >= 15 is 0 Å². The SMILES string of the molecule is Cc1nc(-c2ccc(CNC(=O)Cc3c(C)noc3C)cc2)ccc1C(N)=O. The Morgan fingerprint density at radius 1 is 1.04 bits per heavy atom. The van der Waals surface area contributed by atoms with Crippen molar-refractivity contribution < 1.29 is 14.1 Å². The van der Waals surface area contributed by atoms with Crippen molar-refractivity contribution in [2.24, 2.45) is 5.73 Å². The first-order valence-electron chi connectivity index (χ1n) is 8.90. The van der Waals surface area contributed by atoms with Crippen LogP contribution in [0.4, 0.5) is 0 Å². The molecule has 0 unspecified atom stereocenters. The van der Waals surface area contributed by atoms with Crippen LogP contribution < -0.4 is 11.1 Å². The lowest BCUT2D eigenvalue weighted by atomic mass is 10.1. The summed E-state index contributed by atoms with van der Waals surface area (Å²) in [5.41, 5.74) is 10.6. The molecule has 0 aliphatic heterocycles. The van der Waals surface area contributed by atoms with E-state index in [2.05, 4.69) is 15.5 Å². The number of nitrogens with zero attached hydrogens (tertiary/aromatic N) is 2. The second kappa shape index (κ2) is 8.04. The summed E-state index contributed by atoms with van der Waals surface area (Å²) in [5, 5.41) is 6.77. The van der Waals surface area contributed by atoms with Gasteiger partial charge in [0, 0.05) is 17.7 Å². The smallest absolute Gasteiger partial charge is 0.250 e. The number of aryl methyl sites for hydroxylation is 3. The van der Waals surface area contributed by atoms with Gasteiger partial charge in [0.1, 0.15) is 5.76 Å². The summed E-state index contributed by atoms with van der Waals surface area (Å²) in [7, 11) is 0. The van der Waals surface area contributed by atoms with Gasteiger partial charge in [-0.1, -0.05) is 29.4 Å². The van der Waals surface area contributed by atoms with Crippen LogP contribution in [-0.2, 0) is 17.8 Å². The van der Waals surface area contributed by atoms with Crippen LogP contribution in [0.25, 0.3) is 11.3 Å². The van der Waals surface area contributed by atoms with E-state index in [9.17, 15) is 9.59 Å². The summed E-state index contributed by atoms with van der Waals surface area (Å²) in [6.45, 7) is 5.80. The number of nitrogens with two attached hydrogens (primary N) is 1. The van der Waals surface area contributed by atoms with Gasteiger partial charge in [-0.15, -0.1) is 0 Å². The van der Waals surface area contributed by atoms with Crippen molar-refractivity contribution in [3.8, 4) is 11.3 Å². The number of hydrogen-bond acceptors (Lipinski definition) is 5. The molecule has 0 aliphatic carbocycles. The van der Waals surface area contributed by atoms with E-state index in [1.165, 1.54) is 0 Å². The monoisotopic (exact) mass is 378 g/mol. The first kappa shape index (κ1) is 19.3. The molecule has 28 heavy (non-hydrogen) atoms. The molecule has 0 atom stereocenters. The van der Waals surface area contributed by atoms with Gasteiger partial charge >= 0.3 is 0 Å². The zero-order valence-corrected chi connectivity index (χ0v) is 16.1. The normalized spacial score (nSPS) is 10.7. The molecule has 7 nitrogen and oxygen atoms in total. The number of carbonyl (C=O) groups excluding carboxylic acids is 2. The number of carbonyl (C=O) groups is 2. The number of pyridine rings is 1. The fraction of sp³-hybridized carbons (Fsp3) is 0.238. The average molecular weight is 378 g/mol. The molecule has 2 amide bonds. The molecule has 3 rings (SSSR count). The summed E-state index contributed by atoms with van der Waals surface area (Å²) < 4.78 is 5.08. The van der Waals surface area contributed by atoms with E-state index < -0.39 is 5.91 Å². The lowest BCUT2D eigenvalue weighted by Gasteiger charge is -2.08. The zero-order valence-electron chi connectivity index (χ0n) is 16.1. The third-order valence-corrected chi connectivity index (χ3v) is 4.61. The van der Waals surface area contributed by atoms with Gasteiger partial charge in [0.2, 0.25) is 5.91 Å². The highest BCUT2D eigenvalue weighted by Crippen LogP contribution is 2.20. The molecular weight excluding hydrogens is 356 g/mol. The van der Waals surface area contributed by atoms with Gasteiger partial charge in [-0.25, -0.2) is 0 Å². The maximum atomic E-state index is 12.2. The number of benzene rings is 1. The molecule has 7 heteroatoms. The van der Waals surface area contributed by atoms with Crippen molar-refractivity contribution in [3.05, 3.63) is 70.2 Å². The highest BCUT2D eigenvalue weighted by Gasteiger charge is 2.13. The van der Waals surface area contributed by atoms with Gasteiger partial charge < -0.3 is 15.6 Å². The molecule has 2 heterocycles. The fourth-order valence-corrected chi connectivity index (χ4v) is 2.95. The Bertz CT molecular complexity index is 1000. The number of primary amides is 1. The summed E-state index contributed by atoms with van der Waals surface area (Å²) in [6, 6.07) is 11.2. The highest BCUT2D eigenvalue weighted by molar-refractivity contribution is 5.94. The summed E-state index contributed by atoms with van der Waals surface area (Å²) in [5.74, 6) is 0.0965. The molecule has 1 aromatic carbocycles. The first-order chi connectivity index (χ1) is 13.3. The van der Waals surface area contributed by atoms with Crippen molar-refractivity contribution in [2.75, 3.05) is 0 Å². The molecule has 0 fully saturated rings. The number of amides is 2. The second-order valence-electron chi connectivity index (χ2n) is 6.65. The lowest BCUT2D eigenvalue weighted by Crippen LogP contribution is -2.24. The van der Waals surface area contributed by atoms with E-state index in [0.717, 1.165) is 28.1 Å². The molecule has 0 aliphatic rings. The quantitative estimate of drug-likeness (QED) is 0.685. The Kier molecular flexibility index (Phi) is 5.54. The lowest BCUT2D eigenvalue weighted by molar-refractivity contribution is -0.120. The van der Waals surface area contributed by atoms with Crippen molar-refractivity contribution in [1.29, 1.82) is 0 Å². The van der Waals surface area contributed by atoms with E-state index in [4.69, 9.17) is 10.3 Å². The average Bonchev–Trinajstić information content (AvgIpc) is 2.98. The predicted octanol–water partition coefficient (Wildman–Crippen LogP) is 2.62. The minimum Gasteiger partial charge on any atom is -0.366 e. The van der Waals surface area contributed by atoms with Gasteiger partial charge in [-0.2, -0.15) is 0 Å². The molecule has 3 aromatic rings. The number of nitrogens with one attached hydrogen (secondary N) is 1. The van der Waals surface area contributed by atoms with Gasteiger partial charge in [0.25, 0.3) is 5.91 Å². The highest BCUT2D eigenvalue weighted by atomic mass is 16.5. The van der Waals surface area contributed by atoms with Crippen molar-refractivity contribution in [3.63, 3.8) is 0 Å². The first-order valence-corrected chi connectivity index (χ1v) is 8.90. The van der Waals surface area contributed by atoms with Crippen molar-refractivity contribution >= 4 is 11.8 Å². The maximum absolute atomic E-state index is 12.2. The van der Waals surface area contributed by atoms with Gasteiger partial charge in [-0.05, 0) is 38.5 Å². The topological polar surface area (TPSA) is 111 Å². The molecule has 2 aromatic heterocycles. The van der Waals surface area contributed by atoms with Crippen LogP contribution in [0, 0.1) is 20.8 Å². The van der Waals surface area contributed by atoms with Gasteiger partial charge in [-0.3, -0.25) is 14.6 Å². The number of aromatic nitrogens is 2. The second-order valence-corrected chi connectivity index (χ2v) is 6.65. The third-order valence-electron chi connectivity index (χ3n) is 4.61. The van der Waals surface area contributed by atoms with Crippen LogP contribution >= 0.6 is 0 Å². The van der Waals surface area contributed by atoms with Crippen LogP contribution in [0.5, 0.6) is 0 Å². The summed E-state index contributed by atoms with van der Waals surface area (Å²) >= 11 is 0. The van der Waals surface area contributed by atoms with Crippen molar-refractivity contribution in [2.45, 2.75) is 33.7 Å². The largest absolute Gasteiger partial charge is 0.366 e. The van der Waals surface area contributed by atoms with Crippen molar-refractivity contribution in [1.82, 2.24) is 15.5 Å².